The Bertz CT molecular complexity index is 683. The quantitative estimate of drug-likeness (QED) is 0.331. The Hall–Kier alpha value is -0.940. The van der Waals surface area contributed by atoms with Gasteiger partial charge in [-0.1, -0.05) is 84.2 Å². The van der Waals surface area contributed by atoms with Crippen LogP contribution in [0.5, 0.6) is 0 Å². The monoisotopic (exact) mass is 521 g/mol. The maximum Gasteiger partial charge on any atom is 0.0240 e. The van der Waals surface area contributed by atoms with E-state index >= 15 is 0 Å². The molecule has 0 aliphatic carbocycles. The molecule has 0 atom stereocenters. The lowest BCUT2D eigenvalue weighted by Gasteiger charge is -2.23. The maximum absolute atomic E-state index is 3.51. The van der Waals surface area contributed by atoms with Crippen LogP contribution in [0.2, 0.25) is 0 Å². The van der Waals surface area contributed by atoms with Crippen molar-refractivity contribution in [2.75, 3.05) is 0 Å². The van der Waals surface area contributed by atoms with Crippen LogP contribution in [0, 0.1) is 0 Å². The fourth-order valence-electron chi connectivity index (χ4n) is 2.71. The van der Waals surface area contributed by atoms with Crippen LogP contribution < -0.4 is 0 Å². The van der Waals surface area contributed by atoms with Gasteiger partial charge in [0.05, 0.1) is 0 Å². The van der Waals surface area contributed by atoms with Gasteiger partial charge in [0.1, 0.15) is 0 Å². The molecule has 25 heavy (non-hydrogen) atoms. The first-order valence-corrected chi connectivity index (χ1v) is 10.4. The summed E-state index contributed by atoms with van der Waals surface area (Å²) in [6.45, 7) is 2.75. The normalized spacial score (nSPS) is 11.0. The molecule has 3 rings (SSSR count). The molecule has 4 heteroatoms. The van der Waals surface area contributed by atoms with Crippen LogP contribution in [-0.2, 0) is 19.6 Å². The fraction of sp³-hybridized carbons (Fsp3) is 0.143. The molecule has 0 unspecified atom stereocenters. The first kappa shape index (κ1) is 18.8. The van der Waals surface area contributed by atoms with Gasteiger partial charge in [0, 0.05) is 33.1 Å². The average molecular weight is 524 g/mol. The smallest absolute Gasteiger partial charge is 0.0240 e. The van der Waals surface area contributed by atoms with E-state index in [0.29, 0.717) is 0 Å². The van der Waals surface area contributed by atoms with Crippen molar-refractivity contribution in [2.45, 2.75) is 19.6 Å². The molecule has 0 fully saturated rings. The SMILES string of the molecule is Brc1ccc(CN(Cc2ccc(Br)cc2)Cc2ccc(Br)cc2)cc1. The predicted octanol–water partition coefficient (Wildman–Crippen LogP) is 7.18. The first-order chi connectivity index (χ1) is 12.1. The van der Waals surface area contributed by atoms with Gasteiger partial charge in [0.25, 0.3) is 0 Å². The minimum atomic E-state index is 0.916. The van der Waals surface area contributed by atoms with Crippen molar-refractivity contribution in [3.63, 3.8) is 0 Å². The van der Waals surface area contributed by atoms with Crippen LogP contribution in [0.4, 0.5) is 0 Å². The summed E-state index contributed by atoms with van der Waals surface area (Å²) in [6, 6.07) is 25.7. The highest BCUT2D eigenvalue weighted by Gasteiger charge is 2.09. The summed E-state index contributed by atoms with van der Waals surface area (Å²) in [6.07, 6.45) is 0. The zero-order valence-corrected chi connectivity index (χ0v) is 18.4. The van der Waals surface area contributed by atoms with Crippen molar-refractivity contribution in [2.24, 2.45) is 0 Å². The third-order valence-electron chi connectivity index (χ3n) is 3.96. The number of hydrogen-bond donors (Lipinski definition) is 0. The molecule has 0 radical (unpaired) electrons. The van der Waals surface area contributed by atoms with Crippen LogP contribution in [-0.4, -0.2) is 4.90 Å². The van der Waals surface area contributed by atoms with E-state index in [4.69, 9.17) is 0 Å². The Morgan fingerprint density at radius 2 is 0.680 bits per heavy atom. The molecule has 0 N–H and O–H groups in total. The van der Waals surface area contributed by atoms with Crippen molar-refractivity contribution >= 4 is 47.8 Å². The molecule has 0 spiro atoms. The molecular weight excluding hydrogens is 506 g/mol. The van der Waals surface area contributed by atoms with Crippen molar-refractivity contribution < 1.29 is 0 Å². The van der Waals surface area contributed by atoms with E-state index in [-0.39, 0.29) is 0 Å². The summed E-state index contributed by atoms with van der Waals surface area (Å²) in [5.41, 5.74) is 3.95. The Kier molecular flexibility index (Phi) is 6.88. The minimum Gasteiger partial charge on any atom is -0.291 e. The van der Waals surface area contributed by atoms with Gasteiger partial charge in [-0.15, -0.1) is 0 Å². The zero-order chi connectivity index (χ0) is 17.6. The second-order valence-corrected chi connectivity index (χ2v) is 8.77. The number of halogens is 3. The molecule has 0 aliphatic rings. The molecule has 0 saturated heterocycles. The number of hydrogen-bond acceptors (Lipinski definition) is 1. The van der Waals surface area contributed by atoms with Crippen molar-refractivity contribution in [3.8, 4) is 0 Å². The molecule has 128 valence electrons. The standard InChI is InChI=1S/C21H18Br3N/c22-19-7-1-16(2-8-19)13-25(14-17-3-9-20(23)10-4-17)15-18-5-11-21(24)12-6-18/h1-12H,13-15H2. The highest BCUT2D eigenvalue weighted by Crippen LogP contribution is 2.19. The lowest BCUT2D eigenvalue weighted by molar-refractivity contribution is 0.247. The average Bonchev–Trinajstić information content (AvgIpc) is 2.61. The maximum atomic E-state index is 3.51. The van der Waals surface area contributed by atoms with Gasteiger partial charge < -0.3 is 0 Å². The molecule has 0 bridgehead atoms. The molecule has 0 saturated carbocycles. The topological polar surface area (TPSA) is 3.24 Å². The predicted molar refractivity (Wildman–Crippen MR) is 115 cm³/mol. The van der Waals surface area contributed by atoms with Gasteiger partial charge in [-0.3, -0.25) is 4.90 Å². The summed E-state index contributed by atoms with van der Waals surface area (Å²) in [4.78, 5) is 2.47. The zero-order valence-electron chi connectivity index (χ0n) is 13.6. The molecular formula is C21H18Br3N. The minimum absolute atomic E-state index is 0.916. The highest BCUT2D eigenvalue weighted by atomic mass is 79.9. The van der Waals surface area contributed by atoms with Gasteiger partial charge in [-0.25, -0.2) is 0 Å². The Labute approximate surface area is 174 Å². The van der Waals surface area contributed by atoms with E-state index in [1.807, 2.05) is 0 Å². The Morgan fingerprint density at radius 1 is 0.440 bits per heavy atom. The number of benzene rings is 3. The fourth-order valence-corrected chi connectivity index (χ4v) is 3.50. The molecule has 0 amide bonds. The summed E-state index contributed by atoms with van der Waals surface area (Å²) >= 11 is 10.5. The second kappa shape index (κ2) is 9.13. The van der Waals surface area contributed by atoms with Crippen LogP contribution in [0.25, 0.3) is 0 Å². The lowest BCUT2D eigenvalue weighted by Crippen LogP contribution is -2.22. The van der Waals surface area contributed by atoms with Crippen LogP contribution in [0.15, 0.2) is 86.2 Å². The molecule has 3 aromatic carbocycles. The van der Waals surface area contributed by atoms with E-state index in [1.165, 1.54) is 16.7 Å². The van der Waals surface area contributed by atoms with Crippen molar-refractivity contribution in [3.05, 3.63) is 103 Å². The summed E-state index contributed by atoms with van der Waals surface area (Å²) < 4.78 is 3.34. The van der Waals surface area contributed by atoms with Gasteiger partial charge in [-0.05, 0) is 53.1 Å². The summed E-state index contributed by atoms with van der Waals surface area (Å²) in [7, 11) is 0. The third-order valence-corrected chi connectivity index (χ3v) is 5.54. The number of rotatable bonds is 6. The molecule has 0 heterocycles. The third kappa shape index (κ3) is 6.07. The first-order valence-electron chi connectivity index (χ1n) is 8.04. The van der Waals surface area contributed by atoms with Crippen LogP contribution >= 0.6 is 47.8 Å². The van der Waals surface area contributed by atoms with Crippen molar-refractivity contribution in [1.82, 2.24) is 4.90 Å². The van der Waals surface area contributed by atoms with E-state index in [1.54, 1.807) is 0 Å². The summed E-state index contributed by atoms with van der Waals surface area (Å²) in [5, 5.41) is 0. The highest BCUT2D eigenvalue weighted by molar-refractivity contribution is 9.11. The largest absolute Gasteiger partial charge is 0.291 e. The molecule has 1 nitrogen and oxygen atoms in total. The van der Waals surface area contributed by atoms with E-state index < -0.39 is 0 Å². The van der Waals surface area contributed by atoms with E-state index in [2.05, 4.69) is 125 Å². The van der Waals surface area contributed by atoms with Crippen LogP contribution in [0.3, 0.4) is 0 Å². The lowest BCUT2D eigenvalue weighted by atomic mass is 10.1. The Morgan fingerprint density at radius 3 is 0.920 bits per heavy atom. The van der Waals surface area contributed by atoms with E-state index in [0.717, 1.165) is 33.1 Å². The van der Waals surface area contributed by atoms with Crippen LogP contribution in [0.1, 0.15) is 16.7 Å². The molecule has 0 aromatic heterocycles. The van der Waals surface area contributed by atoms with Crippen molar-refractivity contribution in [1.29, 1.82) is 0 Å². The second-order valence-electron chi connectivity index (χ2n) is 6.02. The molecule has 3 aromatic rings. The van der Waals surface area contributed by atoms with Gasteiger partial charge in [0.15, 0.2) is 0 Å². The summed E-state index contributed by atoms with van der Waals surface area (Å²) in [5.74, 6) is 0. The van der Waals surface area contributed by atoms with Gasteiger partial charge in [-0.2, -0.15) is 0 Å². The Balaban J connectivity index is 1.77. The van der Waals surface area contributed by atoms with E-state index in [9.17, 15) is 0 Å². The van der Waals surface area contributed by atoms with Gasteiger partial charge >= 0.3 is 0 Å². The molecule has 0 aliphatic heterocycles. The number of nitrogens with zero attached hydrogens (tertiary/aromatic N) is 1. The van der Waals surface area contributed by atoms with Gasteiger partial charge in [0.2, 0.25) is 0 Å².